The normalized spacial score (nSPS) is 25.2. The molecule has 10 nitrogen and oxygen atoms in total. The summed E-state index contributed by atoms with van der Waals surface area (Å²) in [5.74, 6) is -2.37. The number of carbonyl (C=O) groups is 2. The van der Waals surface area contributed by atoms with E-state index in [2.05, 4.69) is 39.1 Å². The predicted octanol–water partition coefficient (Wildman–Crippen LogP) is 6.44. The topological polar surface area (TPSA) is 131 Å². The fourth-order valence-electron chi connectivity index (χ4n) is 7.74. The van der Waals surface area contributed by atoms with Crippen LogP contribution in [0.15, 0.2) is 106 Å². The lowest BCUT2D eigenvalue weighted by atomic mass is 9.84. The van der Waals surface area contributed by atoms with Gasteiger partial charge in [0.1, 0.15) is 11.7 Å². The fourth-order valence-corrected chi connectivity index (χ4v) is 7.74. The number of allylic oxidation sites excluding steroid dienone is 10. The SMILES string of the molecule is CCOC(C)C1=C(C)C2=NC1=CC1=NC(=CC3=C(C)C4=C(O)C(C(=O)OC)C(=C5NC(=C2)[C@@H](C)[C@@H]5CCC(=O)OC)C4=N3)C(CC)=C1C. The number of hydrogen-bond acceptors (Lipinski definition) is 10. The van der Waals surface area contributed by atoms with E-state index >= 15 is 0 Å². The minimum absolute atomic E-state index is 0.0900. The number of aliphatic hydroxyl groups is 1. The summed E-state index contributed by atoms with van der Waals surface area (Å²) in [4.78, 5) is 41.1. The van der Waals surface area contributed by atoms with Gasteiger partial charge < -0.3 is 24.6 Å². The van der Waals surface area contributed by atoms with Crippen LogP contribution >= 0.6 is 0 Å². The summed E-state index contributed by atoms with van der Waals surface area (Å²) in [5.41, 5.74) is 12.1. The first-order valence-electron chi connectivity index (χ1n) is 16.7. The maximum absolute atomic E-state index is 13.4. The van der Waals surface area contributed by atoms with E-state index in [1.54, 1.807) is 0 Å². The number of aliphatic hydroxyl groups excluding tert-OH is 1. The van der Waals surface area contributed by atoms with Gasteiger partial charge in [-0.1, -0.05) is 13.8 Å². The van der Waals surface area contributed by atoms with Gasteiger partial charge in [0.05, 0.1) is 54.5 Å². The zero-order valence-corrected chi connectivity index (χ0v) is 29.2. The average molecular weight is 653 g/mol. The van der Waals surface area contributed by atoms with E-state index in [9.17, 15) is 14.7 Å². The van der Waals surface area contributed by atoms with Crippen molar-refractivity contribution < 1.29 is 28.9 Å². The molecule has 0 radical (unpaired) electrons. The highest BCUT2D eigenvalue weighted by Crippen LogP contribution is 2.49. The highest BCUT2D eigenvalue weighted by atomic mass is 16.5. The Morgan fingerprint density at radius 2 is 1.67 bits per heavy atom. The summed E-state index contributed by atoms with van der Waals surface area (Å²) in [5, 5.41) is 15.3. The van der Waals surface area contributed by atoms with Crippen LogP contribution in [0.2, 0.25) is 0 Å². The van der Waals surface area contributed by atoms with Crippen molar-refractivity contribution in [1.82, 2.24) is 5.32 Å². The van der Waals surface area contributed by atoms with Gasteiger partial charge in [-0.15, -0.1) is 0 Å². The molecule has 0 amide bonds. The first kappa shape index (κ1) is 33.3. The molecule has 0 aromatic carbocycles. The Hall–Kier alpha value is -4.57. The van der Waals surface area contributed by atoms with E-state index < -0.39 is 11.9 Å². The van der Waals surface area contributed by atoms with Crippen LogP contribution in [0.4, 0.5) is 0 Å². The zero-order valence-electron chi connectivity index (χ0n) is 29.2. The van der Waals surface area contributed by atoms with Crippen LogP contribution in [-0.4, -0.2) is 61.1 Å². The molecule has 8 bridgehead atoms. The van der Waals surface area contributed by atoms with E-state index in [1.165, 1.54) is 14.2 Å². The molecule has 0 aromatic rings. The zero-order chi connectivity index (χ0) is 34.6. The number of aliphatic imine (C=N–C) groups is 3. The third-order valence-electron chi connectivity index (χ3n) is 10.4. The lowest BCUT2D eigenvalue weighted by Crippen LogP contribution is -2.25. The number of nitrogens with zero attached hydrogens (tertiary/aromatic N) is 3. The monoisotopic (exact) mass is 652 g/mol. The molecule has 1 aliphatic carbocycles. The van der Waals surface area contributed by atoms with Crippen LogP contribution in [0.25, 0.3) is 0 Å². The molecular formula is C38H44N4O6. The fraction of sp³-hybridized carbons (Fsp3) is 0.447. The minimum Gasteiger partial charge on any atom is -0.510 e. The summed E-state index contributed by atoms with van der Waals surface area (Å²) in [6.45, 7) is 14.8. The van der Waals surface area contributed by atoms with Crippen molar-refractivity contribution in [3.05, 3.63) is 91.5 Å². The number of nitrogens with one attached hydrogen (secondary N) is 1. The Morgan fingerprint density at radius 3 is 2.33 bits per heavy atom. The molecule has 5 heterocycles. The quantitative estimate of drug-likeness (QED) is 0.289. The van der Waals surface area contributed by atoms with Gasteiger partial charge >= 0.3 is 11.9 Å². The van der Waals surface area contributed by atoms with Gasteiger partial charge in [-0.05, 0) is 88.0 Å². The summed E-state index contributed by atoms with van der Waals surface area (Å²) >= 11 is 0. The van der Waals surface area contributed by atoms with E-state index in [0.717, 1.165) is 68.5 Å². The van der Waals surface area contributed by atoms with Gasteiger partial charge in [-0.2, -0.15) is 0 Å². The Kier molecular flexibility index (Phi) is 8.89. The molecule has 2 unspecified atom stereocenters. The van der Waals surface area contributed by atoms with Crippen molar-refractivity contribution >= 4 is 29.1 Å². The Morgan fingerprint density at radius 1 is 0.958 bits per heavy atom. The van der Waals surface area contributed by atoms with E-state index in [-0.39, 0.29) is 36.1 Å². The number of hydrogen-bond donors (Lipinski definition) is 2. The highest BCUT2D eigenvalue weighted by Gasteiger charge is 2.49. The van der Waals surface area contributed by atoms with Gasteiger partial charge in [0, 0.05) is 53.0 Å². The second kappa shape index (κ2) is 12.8. The maximum atomic E-state index is 13.4. The lowest BCUT2D eigenvalue weighted by molar-refractivity contribution is -0.143. The molecule has 0 aromatic heterocycles. The largest absolute Gasteiger partial charge is 0.510 e. The van der Waals surface area contributed by atoms with Crippen molar-refractivity contribution in [3.8, 4) is 0 Å². The first-order chi connectivity index (χ1) is 22.9. The molecule has 5 aliphatic heterocycles. The molecule has 1 saturated heterocycles. The molecule has 0 spiro atoms. The minimum atomic E-state index is -1.07. The number of carbonyl (C=O) groups excluding carboxylic acids is 2. The molecule has 1 fully saturated rings. The number of rotatable bonds is 8. The third-order valence-corrected chi connectivity index (χ3v) is 10.4. The second-order valence-electron chi connectivity index (χ2n) is 12.9. The van der Waals surface area contributed by atoms with Gasteiger partial charge in [-0.3, -0.25) is 9.59 Å². The van der Waals surface area contributed by atoms with Crippen molar-refractivity contribution in [2.45, 2.75) is 73.8 Å². The molecular weight excluding hydrogens is 608 g/mol. The molecule has 6 rings (SSSR count). The van der Waals surface area contributed by atoms with E-state index in [0.29, 0.717) is 35.6 Å². The van der Waals surface area contributed by atoms with Crippen molar-refractivity contribution in [2.24, 2.45) is 32.7 Å². The van der Waals surface area contributed by atoms with Crippen molar-refractivity contribution in [2.75, 3.05) is 20.8 Å². The number of fused-ring (bicyclic) bond motifs is 5. The van der Waals surface area contributed by atoms with Crippen LogP contribution in [0.1, 0.15) is 67.7 Å². The standard InChI is InChI=1S/C38H44N4O6/c1-10-22-17(3)24-16-29-31(21(7)48-11-2)19(5)26(40-29)14-25-18(4)23(12-13-30(43)46-8)35(41-25)33-34(38(45)47-9)37(44)32-20(6)27(42-36(32)33)15-28(22)39-24/h14-16,18,21,23,34,41,44H,10-13H2,1-9H3/t18-,21?,23-,34?/m0/s1. The third kappa shape index (κ3) is 5.26. The van der Waals surface area contributed by atoms with Crippen LogP contribution in [0.5, 0.6) is 0 Å². The Bertz CT molecular complexity index is 1870. The molecule has 10 heteroatoms. The van der Waals surface area contributed by atoms with Crippen LogP contribution < -0.4 is 5.32 Å². The predicted molar refractivity (Wildman–Crippen MR) is 185 cm³/mol. The van der Waals surface area contributed by atoms with E-state index in [1.807, 2.05) is 32.9 Å². The van der Waals surface area contributed by atoms with E-state index in [4.69, 9.17) is 29.2 Å². The average Bonchev–Trinajstić information content (AvgIpc) is 3.80. The Balaban J connectivity index is 1.65. The number of esters is 2. The number of methoxy groups -OCH3 is 2. The molecule has 6 aliphatic rings. The summed E-state index contributed by atoms with van der Waals surface area (Å²) < 4.78 is 16.3. The van der Waals surface area contributed by atoms with Crippen LogP contribution in [0, 0.1) is 17.8 Å². The highest BCUT2D eigenvalue weighted by molar-refractivity contribution is 6.24. The molecule has 2 N–H and O–H groups in total. The van der Waals surface area contributed by atoms with Gasteiger partial charge in [-0.25, -0.2) is 15.0 Å². The molecule has 48 heavy (non-hydrogen) atoms. The Labute approximate surface area is 281 Å². The van der Waals surface area contributed by atoms with Crippen molar-refractivity contribution in [1.29, 1.82) is 0 Å². The van der Waals surface area contributed by atoms with Gasteiger partial charge in [0.25, 0.3) is 0 Å². The van der Waals surface area contributed by atoms with Crippen LogP contribution in [-0.2, 0) is 23.8 Å². The second-order valence-corrected chi connectivity index (χ2v) is 12.9. The molecule has 0 saturated carbocycles. The summed E-state index contributed by atoms with van der Waals surface area (Å²) in [6, 6.07) is 0. The smallest absolute Gasteiger partial charge is 0.321 e. The maximum Gasteiger partial charge on any atom is 0.321 e. The van der Waals surface area contributed by atoms with Gasteiger partial charge in [0.2, 0.25) is 0 Å². The number of ether oxygens (including phenoxy) is 3. The first-order valence-corrected chi connectivity index (χ1v) is 16.7. The summed E-state index contributed by atoms with van der Waals surface area (Å²) in [6.07, 6.45) is 7.28. The lowest BCUT2D eigenvalue weighted by Gasteiger charge is -2.20. The molecule has 4 atom stereocenters. The van der Waals surface area contributed by atoms with Crippen molar-refractivity contribution in [3.63, 3.8) is 0 Å². The van der Waals surface area contributed by atoms with Gasteiger partial charge in [0.15, 0.2) is 0 Å². The summed E-state index contributed by atoms with van der Waals surface area (Å²) in [7, 11) is 2.69. The molecule has 252 valence electrons. The van der Waals surface area contributed by atoms with Crippen LogP contribution in [0.3, 0.4) is 0 Å².